The van der Waals surface area contributed by atoms with Gasteiger partial charge in [-0.2, -0.15) is 0 Å². The molecule has 0 radical (unpaired) electrons. The molecule has 0 saturated carbocycles. The van der Waals surface area contributed by atoms with Crippen molar-refractivity contribution in [2.75, 3.05) is 14.2 Å². The molecular formula is C17H17NO6. The molecule has 0 aliphatic carbocycles. The minimum Gasteiger partial charge on any atom is -0.469 e. The SMILES string of the molecule is COC(=O)[C@H]1[C@H]2O[C@@H]([C@@H]1C(=O)OC)[C@H]1[C@@H]2N1C(=O)c1ccccc1. The Morgan fingerprint density at radius 3 is 1.88 bits per heavy atom. The first-order valence-electron chi connectivity index (χ1n) is 7.79. The van der Waals surface area contributed by atoms with Crippen molar-refractivity contribution in [2.24, 2.45) is 11.8 Å². The van der Waals surface area contributed by atoms with Gasteiger partial charge in [0.2, 0.25) is 0 Å². The van der Waals surface area contributed by atoms with E-state index in [1.807, 2.05) is 6.07 Å². The van der Waals surface area contributed by atoms with Gasteiger partial charge in [-0.1, -0.05) is 18.2 Å². The maximum atomic E-state index is 12.7. The number of methoxy groups -OCH3 is 2. The second-order valence-corrected chi connectivity index (χ2v) is 6.22. The summed E-state index contributed by atoms with van der Waals surface area (Å²) in [4.78, 5) is 38.6. The molecule has 7 heteroatoms. The van der Waals surface area contributed by atoms with Crippen molar-refractivity contribution >= 4 is 17.8 Å². The van der Waals surface area contributed by atoms with Gasteiger partial charge in [0.25, 0.3) is 5.91 Å². The maximum absolute atomic E-state index is 12.7. The van der Waals surface area contributed by atoms with Crippen LogP contribution in [0.25, 0.3) is 0 Å². The second kappa shape index (κ2) is 5.31. The van der Waals surface area contributed by atoms with Crippen LogP contribution in [-0.2, 0) is 23.8 Å². The van der Waals surface area contributed by atoms with Gasteiger partial charge in [0.1, 0.15) is 11.8 Å². The van der Waals surface area contributed by atoms with Gasteiger partial charge in [-0.05, 0) is 12.1 Å². The molecule has 0 unspecified atom stereocenters. The van der Waals surface area contributed by atoms with E-state index in [-0.39, 0.29) is 18.0 Å². The number of likely N-dealkylation sites (tertiary alicyclic amines) is 1. The first kappa shape index (κ1) is 15.1. The summed E-state index contributed by atoms with van der Waals surface area (Å²) >= 11 is 0. The van der Waals surface area contributed by atoms with Crippen molar-refractivity contribution in [3.63, 3.8) is 0 Å². The molecule has 6 atom stereocenters. The average molecular weight is 331 g/mol. The van der Waals surface area contributed by atoms with E-state index in [0.29, 0.717) is 5.56 Å². The van der Waals surface area contributed by atoms with Crippen molar-refractivity contribution in [2.45, 2.75) is 24.3 Å². The van der Waals surface area contributed by atoms with E-state index in [4.69, 9.17) is 14.2 Å². The number of ether oxygens (including phenoxy) is 3. The highest BCUT2D eigenvalue weighted by Crippen LogP contribution is 2.56. The summed E-state index contributed by atoms with van der Waals surface area (Å²) in [6.07, 6.45) is -1.05. The van der Waals surface area contributed by atoms with E-state index < -0.39 is 36.0 Å². The largest absolute Gasteiger partial charge is 0.469 e. The molecule has 3 aliphatic heterocycles. The molecule has 4 rings (SSSR count). The van der Waals surface area contributed by atoms with Gasteiger partial charge in [0, 0.05) is 5.56 Å². The molecule has 126 valence electrons. The van der Waals surface area contributed by atoms with Gasteiger partial charge in [0.05, 0.1) is 38.5 Å². The first-order chi connectivity index (χ1) is 11.6. The number of hydrogen-bond acceptors (Lipinski definition) is 6. The third-order valence-corrected chi connectivity index (χ3v) is 5.19. The van der Waals surface area contributed by atoms with Gasteiger partial charge in [0.15, 0.2) is 0 Å². The minimum atomic E-state index is -0.734. The fourth-order valence-corrected chi connectivity index (χ4v) is 4.15. The summed E-state index contributed by atoms with van der Waals surface area (Å²) in [6.45, 7) is 0. The van der Waals surface area contributed by atoms with Gasteiger partial charge in [-0.15, -0.1) is 0 Å². The highest BCUT2D eigenvalue weighted by atomic mass is 16.6. The van der Waals surface area contributed by atoms with E-state index in [0.717, 1.165) is 0 Å². The molecule has 3 fully saturated rings. The number of benzene rings is 1. The lowest BCUT2D eigenvalue weighted by Crippen LogP contribution is -2.42. The monoisotopic (exact) mass is 331 g/mol. The Balaban J connectivity index is 1.61. The van der Waals surface area contributed by atoms with E-state index in [9.17, 15) is 14.4 Å². The van der Waals surface area contributed by atoms with Crippen LogP contribution in [-0.4, -0.2) is 61.3 Å². The molecule has 7 nitrogen and oxygen atoms in total. The van der Waals surface area contributed by atoms with E-state index in [1.165, 1.54) is 14.2 Å². The number of carbonyl (C=O) groups excluding carboxylic acids is 3. The number of fused-ring (bicyclic) bond motifs is 5. The number of amides is 1. The number of rotatable bonds is 3. The lowest BCUT2D eigenvalue weighted by molar-refractivity contribution is -0.157. The number of carbonyl (C=O) groups is 3. The molecular weight excluding hydrogens is 314 g/mol. The molecule has 2 bridgehead atoms. The van der Waals surface area contributed by atoms with Crippen molar-refractivity contribution < 1.29 is 28.6 Å². The van der Waals surface area contributed by atoms with Gasteiger partial charge in [-0.3, -0.25) is 14.4 Å². The van der Waals surface area contributed by atoms with Gasteiger partial charge in [-0.25, -0.2) is 0 Å². The summed E-state index contributed by atoms with van der Waals surface area (Å²) < 4.78 is 15.5. The Bertz CT molecular complexity index is 670. The number of esters is 2. The quantitative estimate of drug-likeness (QED) is 0.583. The van der Waals surface area contributed by atoms with E-state index >= 15 is 0 Å². The van der Waals surface area contributed by atoms with Gasteiger partial charge < -0.3 is 19.1 Å². The molecule has 3 heterocycles. The third kappa shape index (κ3) is 1.91. The Hall–Kier alpha value is -2.41. The van der Waals surface area contributed by atoms with Crippen LogP contribution in [0, 0.1) is 11.8 Å². The van der Waals surface area contributed by atoms with Crippen molar-refractivity contribution in [3.05, 3.63) is 35.9 Å². The summed E-state index contributed by atoms with van der Waals surface area (Å²) in [5.41, 5.74) is 0.579. The molecule has 3 saturated heterocycles. The first-order valence-corrected chi connectivity index (χ1v) is 7.79. The van der Waals surface area contributed by atoms with Crippen LogP contribution in [0.15, 0.2) is 30.3 Å². The number of nitrogens with zero attached hydrogens (tertiary/aromatic N) is 1. The van der Waals surface area contributed by atoms with Gasteiger partial charge >= 0.3 is 11.9 Å². The maximum Gasteiger partial charge on any atom is 0.312 e. The third-order valence-electron chi connectivity index (χ3n) is 5.19. The van der Waals surface area contributed by atoms with Crippen LogP contribution in [0.4, 0.5) is 0 Å². The van der Waals surface area contributed by atoms with Crippen LogP contribution in [0.5, 0.6) is 0 Å². The van der Waals surface area contributed by atoms with E-state index in [2.05, 4.69) is 0 Å². The number of morpholine rings is 1. The molecule has 1 aromatic rings. The zero-order chi connectivity index (χ0) is 17.0. The van der Waals surface area contributed by atoms with Crippen LogP contribution in [0.3, 0.4) is 0 Å². The fraction of sp³-hybridized carbons (Fsp3) is 0.471. The Labute approximate surface area is 138 Å². The van der Waals surface area contributed by atoms with E-state index in [1.54, 1.807) is 29.2 Å². The molecule has 0 N–H and O–H groups in total. The smallest absolute Gasteiger partial charge is 0.312 e. The molecule has 0 spiro atoms. The topological polar surface area (TPSA) is 81.9 Å². The molecule has 1 aromatic carbocycles. The average Bonchev–Trinajstić information content (AvgIpc) is 3.11. The zero-order valence-electron chi connectivity index (χ0n) is 13.2. The van der Waals surface area contributed by atoms with Crippen molar-refractivity contribution in [1.82, 2.24) is 4.90 Å². The van der Waals surface area contributed by atoms with Crippen LogP contribution >= 0.6 is 0 Å². The Morgan fingerprint density at radius 2 is 1.42 bits per heavy atom. The second-order valence-electron chi connectivity index (χ2n) is 6.22. The highest BCUT2D eigenvalue weighted by Gasteiger charge is 2.76. The normalized spacial score (nSPS) is 35.3. The van der Waals surface area contributed by atoms with Crippen LogP contribution < -0.4 is 0 Å². The predicted molar refractivity (Wildman–Crippen MR) is 79.9 cm³/mol. The standard InChI is InChI=1S/C17H17NO6/c1-22-16(20)9-10(17(21)23-2)14-12-11(13(9)24-14)18(12)15(19)8-6-4-3-5-7-8/h3-7,9-14H,1-2H3/t9-,10-,11-,12+,13+,14-,18?/m1/s1. The Kier molecular flexibility index (Phi) is 3.35. The Morgan fingerprint density at radius 1 is 0.917 bits per heavy atom. The predicted octanol–water partition coefficient (Wildman–Crippen LogP) is 0.239. The summed E-state index contributed by atoms with van der Waals surface area (Å²) in [7, 11) is 2.56. The lowest BCUT2D eigenvalue weighted by Gasteiger charge is -2.21. The van der Waals surface area contributed by atoms with Crippen LogP contribution in [0.2, 0.25) is 0 Å². The minimum absolute atomic E-state index is 0.113. The lowest BCUT2D eigenvalue weighted by atomic mass is 9.79. The highest BCUT2D eigenvalue weighted by molar-refractivity contribution is 5.97. The fourth-order valence-electron chi connectivity index (χ4n) is 4.15. The summed E-state index contributed by atoms with van der Waals surface area (Å²) in [5, 5.41) is 0. The number of hydrogen-bond donors (Lipinski definition) is 0. The summed E-state index contributed by atoms with van der Waals surface area (Å²) in [6, 6.07) is 8.55. The van der Waals surface area contributed by atoms with Crippen LogP contribution in [0.1, 0.15) is 10.4 Å². The molecule has 3 aliphatic rings. The van der Waals surface area contributed by atoms with Crippen molar-refractivity contribution in [3.8, 4) is 0 Å². The van der Waals surface area contributed by atoms with Crippen molar-refractivity contribution in [1.29, 1.82) is 0 Å². The molecule has 1 amide bonds. The summed E-state index contributed by atoms with van der Waals surface area (Å²) in [5.74, 6) is -2.59. The molecule has 24 heavy (non-hydrogen) atoms. The zero-order valence-corrected chi connectivity index (χ0v) is 13.2. The molecule has 0 aromatic heterocycles.